The first-order valence-corrected chi connectivity index (χ1v) is 6.72. The molecule has 1 aromatic carbocycles. The standard InChI is InChI=1S/C14H19N3O/c18-14(17-8-1-2-9-17)16-13-5-3-4-11-10-15-7-6-12(11)13/h3-5,15H,1-2,6-10H2,(H,16,18). The Hall–Kier alpha value is -1.55. The van der Waals surface area contributed by atoms with Gasteiger partial charge in [-0.1, -0.05) is 12.1 Å². The third-order valence-electron chi connectivity index (χ3n) is 3.78. The van der Waals surface area contributed by atoms with Gasteiger partial charge in [0.05, 0.1) is 0 Å². The maximum Gasteiger partial charge on any atom is 0.321 e. The highest BCUT2D eigenvalue weighted by atomic mass is 16.2. The molecule has 0 spiro atoms. The van der Waals surface area contributed by atoms with Crippen molar-refractivity contribution in [3.63, 3.8) is 0 Å². The molecule has 96 valence electrons. The maximum atomic E-state index is 12.1. The van der Waals surface area contributed by atoms with E-state index in [0.717, 1.165) is 51.1 Å². The fourth-order valence-corrected chi connectivity index (χ4v) is 2.76. The highest BCUT2D eigenvalue weighted by Gasteiger charge is 2.20. The molecule has 0 atom stereocenters. The predicted octanol–water partition coefficient (Wildman–Crippen LogP) is 1.96. The van der Waals surface area contributed by atoms with Gasteiger partial charge in [-0.15, -0.1) is 0 Å². The number of hydrogen-bond donors (Lipinski definition) is 2. The predicted molar refractivity (Wildman–Crippen MR) is 71.7 cm³/mol. The molecule has 2 heterocycles. The van der Waals surface area contributed by atoms with Crippen molar-refractivity contribution in [2.24, 2.45) is 0 Å². The van der Waals surface area contributed by atoms with Crippen LogP contribution in [0.5, 0.6) is 0 Å². The minimum absolute atomic E-state index is 0.0550. The summed E-state index contributed by atoms with van der Waals surface area (Å²) in [6.07, 6.45) is 3.25. The number of likely N-dealkylation sites (tertiary alicyclic amines) is 1. The number of rotatable bonds is 1. The Bertz CT molecular complexity index is 452. The SMILES string of the molecule is O=C(Nc1cccc2c1CCNC2)N1CCCC1. The lowest BCUT2D eigenvalue weighted by atomic mass is 9.99. The third kappa shape index (κ3) is 2.20. The van der Waals surface area contributed by atoms with E-state index in [-0.39, 0.29) is 6.03 Å². The van der Waals surface area contributed by atoms with Crippen LogP contribution >= 0.6 is 0 Å². The van der Waals surface area contributed by atoms with Gasteiger partial charge in [0.2, 0.25) is 0 Å². The summed E-state index contributed by atoms with van der Waals surface area (Å²) >= 11 is 0. The van der Waals surface area contributed by atoms with Crippen LogP contribution in [0.1, 0.15) is 24.0 Å². The van der Waals surface area contributed by atoms with Gasteiger partial charge in [0.1, 0.15) is 0 Å². The summed E-state index contributed by atoms with van der Waals surface area (Å²) in [6, 6.07) is 6.22. The van der Waals surface area contributed by atoms with Crippen LogP contribution in [0.4, 0.5) is 10.5 Å². The normalized spacial score (nSPS) is 18.6. The third-order valence-corrected chi connectivity index (χ3v) is 3.78. The van der Waals surface area contributed by atoms with Crippen LogP contribution in [-0.2, 0) is 13.0 Å². The summed E-state index contributed by atoms with van der Waals surface area (Å²) in [5.41, 5.74) is 3.59. The van der Waals surface area contributed by atoms with Crippen molar-refractivity contribution in [2.45, 2.75) is 25.8 Å². The van der Waals surface area contributed by atoms with Crippen molar-refractivity contribution in [3.05, 3.63) is 29.3 Å². The Labute approximate surface area is 107 Å². The molecule has 1 fully saturated rings. The van der Waals surface area contributed by atoms with E-state index < -0.39 is 0 Å². The minimum Gasteiger partial charge on any atom is -0.325 e. The van der Waals surface area contributed by atoms with Gasteiger partial charge in [-0.2, -0.15) is 0 Å². The van der Waals surface area contributed by atoms with E-state index in [2.05, 4.69) is 16.7 Å². The summed E-state index contributed by atoms with van der Waals surface area (Å²) in [5.74, 6) is 0. The summed E-state index contributed by atoms with van der Waals surface area (Å²) < 4.78 is 0. The molecular weight excluding hydrogens is 226 g/mol. The Morgan fingerprint density at radius 2 is 2.11 bits per heavy atom. The lowest BCUT2D eigenvalue weighted by Gasteiger charge is -2.22. The van der Waals surface area contributed by atoms with E-state index in [1.807, 2.05) is 17.0 Å². The van der Waals surface area contributed by atoms with Gasteiger partial charge in [-0.25, -0.2) is 4.79 Å². The van der Waals surface area contributed by atoms with Crippen LogP contribution in [0, 0.1) is 0 Å². The molecule has 3 rings (SSSR count). The summed E-state index contributed by atoms with van der Waals surface area (Å²) in [5, 5.41) is 6.42. The molecule has 18 heavy (non-hydrogen) atoms. The van der Waals surface area contributed by atoms with Crippen molar-refractivity contribution >= 4 is 11.7 Å². The number of anilines is 1. The molecule has 0 saturated carbocycles. The van der Waals surface area contributed by atoms with Crippen molar-refractivity contribution in [1.29, 1.82) is 0 Å². The number of nitrogens with zero attached hydrogens (tertiary/aromatic N) is 1. The second kappa shape index (κ2) is 4.98. The molecular formula is C14H19N3O. The van der Waals surface area contributed by atoms with Crippen molar-refractivity contribution < 1.29 is 4.79 Å². The molecule has 4 nitrogen and oxygen atoms in total. The second-order valence-corrected chi connectivity index (χ2v) is 4.99. The number of carbonyl (C=O) groups excluding carboxylic acids is 1. The molecule has 2 N–H and O–H groups in total. The fraction of sp³-hybridized carbons (Fsp3) is 0.500. The van der Waals surface area contributed by atoms with Crippen molar-refractivity contribution in [3.8, 4) is 0 Å². The van der Waals surface area contributed by atoms with E-state index >= 15 is 0 Å². The van der Waals surface area contributed by atoms with E-state index in [4.69, 9.17) is 0 Å². The van der Waals surface area contributed by atoms with Crippen LogP contribution in [0.15, 0.2) is 18.2 Å². The first kappa shape index (κ1) is 11.5. The van der Waals surface area contributed by atoms with Crippen LogP contribution in [0.25, 0.3) is 0 Å². The quantitative estimate of drug-likeness (QED) is 0.794. The van der Waals surface area contributed by atoms with E-state index in [9.17, 15) is 4.79 Å². The van der Waals surface area contributed by atoms with E-state index in [1.165, 1.54) is 11.1 Å². The number of amides is 2. The number of fused-ring (bicyclic) bond motifs is 1. The molecule has 0 aromatic heterocycles. The molecule has 0 unspecified atom stereocenters. The van der Waals surface area contributed by atoms with Gasteiger partial charge in [0.15, 0.2) is 0 Å². The highest BCUT2D eigenvalue weighted by molar-refractivity contribution is 5.90. The number of nitrogens with one attached hydrogen (secondary N) is 2. The molecule has 0 bridgehead atoms. The first-order chi connectivity index (χ1) is 8.84. The van der Waals surface area contributed by atoms with Crippen LogP contribution in [-0.4, -0.2) is 30.6 Å². The Morgan fingerprint density at radius 3 is 2.94 bits per heavy atom. The van der Waals surface area contributed by atoms with Gasteiger partial charge in [-0.3, -0.25) is 0 Å². The molecule has 1 aromatic rings. The number of benzene rings is 1. The number of hydrogen-bond acceptors (Lipinski definition) is 2. The lowest BCUT2D eigenvalue weighted by molar-refractivity contribution is 0.222. The first-order valence-electron chi connectivity index (χ1n) is 6.72. The van der Waals surface area contributed by atoms with Crippen LogP contribution in [0.3, 0.4) is 0 Å². The van der Waals surface area contributed by atoms with Crippen LogP contribution in [0.2, 0.25) is 0 Å². The van der Waals surface area contributed by atoms with Gasteiger partial charge in [0, 0.05) is 25.3 Å². The summed E-state index contributed by atoms with van der Waals surface area (Å²) in [4.78, 5) is 14.0. The van der Waals surface area contributed by atoms with E-state index in [0.29, 0.717) is 0 Å². The topological polar surface area (TPSA) is 44.4 Å². The zero-order valence-electron chi connectivity index (χ0n) is 10.5. The Kier molecular flexibility index (Phi) is 3.19. The van der Waals surface area contributed by atoms with Gasteiger partial charge in [-0.05, 0) is 43.0 Å². The van der Waals surface area contributed by atoms with E-state index in [1.54, 1.807) is 0 Å². The largest absolute Gasteiger partial charge is 0.325 e. The summed E-state index contributed by atoms with van der Waals surface area (Å²) in [6.45, 7) is 3.68. The van der Waals surface area contributed by atoms with Crippen molar-refractivity contribution in [1.82, 2.24) is 10.2 Å². The number of carbonyl (C=O) groups is 1. The average molecular weight is 245 g/mol. The minimum atomic E-state index is 0.0550. The van der Waals surface area contributed by atoms with Crippen molar-refractivity contribution in [2.75, 3.05) is 25.0 Å². The van der Waals surface area contributed by atoms with Crippen LogP contribution < -0.4 is 10.6 Å². The number of urea groups is 1. The average Bonchev–Trinajstić information content (AvgIpc) is 2.93. The monoisotopic (exact) mass is 245 g/mol. The Balaban J connectivity index is 1.77. The summed E-state index contributed by atoms with van der Waals surface area (Å²) in [7, 11) is 0. The second-order valence-electron chi connectivity index (χ2n) is 4.99. The van der Waals surface area contributed by atoms with Gasteiger partial charge in [0.25, 0.3) is 0 Å². The fourth-order valence-electron chi connectivity index (χ4n) is 2.76. The van der Waals surface area contributed by atoms with Gasteiger partial charge < -0.3 is 15.5 Å². The maximum absolute atomic E-state index is 12.1. The lowest BCUT2D eigenvalue weighted by Crippen LogP contribution is -2.33. The molecule has 0 aliphatic carbocycles. The van der Waals surface area contributed by atoms with Gasteiger partial charge >= 0.3 is 6.03 Å². The Morgan fingerprint density at radius 1 is 1.28 bits per heavy atom. The molecule has 1 saturated heterocycles. The molecule has 2 aliphatic heterocycles. The zero-order chi connectivity index (χ0) is 12.4. The zero-order valence-corrected chi connectivity index (χ0v) is 10.5. The highest BCUT2D eigenvalue weighted by Crippen LogP contribution is 2.23. The molecule has 4 heteroatoms. The molecule has 2 amide bonds. The smallest absolute Gasteiger partial charge is 0.321 e. The molecule has 0 radical (unpaired) electrons. The molecule has 2 aliphatic rings.